The van der Waals surface area contributed by atoms with Crippen LogP contribution in [0.25, 0.3) is 0 Å². The number of aliphatic imine (C=N–C) groups is 1. The van der Waals surface area contributed by atoms with E-state index in [4.69, 9.17) is 9.73 Å². The Balaban J connectivity index is 0.00000243. The monoisotopic (exact) mass is 492 g/mol. The van der Waals surface area contributed by atoms with E-state index in [0.29, 0.717) is 24.1 Å². The maximum atomic E-state index is 6.02. The molecule has 2 aliphatic rings. The summed E-state index contributed by atoms with van der Waals surface area (Å²) >= 11 is 1.73. The van der Waals surface area contributed by atoms with Gasteiger partial charge in [0.2, 0.25) is 0 Å². The lowest BCUT2D eigenvalue weighted by atomic mass is 9.60. The number of halogens is 1. The summed E-state index contributed by atoms with van der Waals surface area (Å²) in [5, 5.41) is 10.4. The van der Waals surface area contributed by atoms with E-state index < -0.39 is 0 Å². The second-order valence-corrected chi connectivity index (χ2v) is 8.04. The van der Waals surface area contributed by atoms with Crippen LogP contribution in [0.2, 0.25) is 0 Å². The van der Waals surface area contributed by atoms with Crippen LogP contribution in [0.4, 0.5) is 0 Å². The van der Waals surface area contributed by atoms with Crippen molar-refractivity contribution in [3.8, 4) is 0 Å². The van der Waals surface area contributed by atoms with Crippen LogP contribution in [0.15, 0.2) is 10.4 Å². The summed E-state index contributed by atoms with van der Waals surface area (Å²) in [5.74, 6) is 0.916. The molecule has 0 saturated heterocycles. The Kier molecular flexibility index (Phi) is 8.60. The van der Waals surface area contributed by atoms with Crippen molar-refractivity contribution in [3.05, 3.63) is 16.1 Å². The summed E-state index contributed by atoms with van der Waals surface area (Å²) in [6, 6.07) is 0.478. The third kappa shape index (κ3) is 4.70. The molecule has 3 rings (SSSR count). The van der Waals surface area contributed by atoms with Crippen molar-refractivity contribution in [2.24, 2.45) is 10.4 Å². The normalized spacial score (nSPS) is 24.2. The summed E-state index contributed by atoms with van der Waals surface area (Å²) in [5.41, 5.74) is 1.39. The van der Waals surface area contributed by atoms with E-state index in [9.17, 15) is 0 Å². The highest BCUT2D eigenvalue weighted by atomic mass is 127. The lowest BCUT2D eigenvalue weighted by molar-refractivity contribution is -0.125. The van der Waals surface area contributed by atoms with Crippen molar-refractivity contribution in [2.75, 3.05) is 13.2 Å². The summed E-state index contributed by atoms with van der Waals surface area (Å²) in [7, 11) is 0. The molecule has 2 aliphatic carbocycles. The Bertz CT molecular complexity index is 586. The number of rotatable bonds is 7. The summed E-state index contributed by atoms with van der Waals surface area (Å²) < 4.78 is 6.02. The van der Waals surface area contributed by atoms with Crippen molar-refractivity contribution in [1.29, 1.82) is 0 Å². The summed E-state index contributed by atoms with van der Waals surface area (Å²) in [6.07, 6.45) is 7.72. The van der Waals surface area contributed by atoms with Gasteiger partial charge in [-0.3, -0.25) is 0 Å². The second kappa shape index (κ2) is 10.2. The Morgan fingerprint density at radius 1 is 1.35 bits per heavy atom. The van der Waals surface area contributed by atoms with Gasteiger partial charge in [-0.2, -0.15) is 0 Å². The van der Waals surface area contributed by atoms with E-state index in [-0.39, 0.29) is 24.0 Å². The number of thiazole rings is 1. The number of hydrogen-bond donors (Lipinski definition) is 2. The maximum absolute atomic E-state index is 6.02. The molecule has 148 valence electrons. The van der Waals surface area contributed by atoms with E-state index >= 15 is 0 Å². The summed E-state index contributed by atoms with van der Waals surface area (Å²) in [4.78, 5) is 9.39. The minimum atomic E-state index is 0. The van der Waals surface area contributed by atoms with Gasteiger partial charge in [-0.1, -0.05) is 19.8 Å². The predicted molar refractivity (Wildman–Crippen MR) is 120 cm³/mol. The van der Waals surface area contributed by atoms with Gasteiger partial charge in [-0.25, -0.2) is 9.98 Å². The molecule has 1 aromatic rings. The second-order valence-electron chi connectivity index (χ2n) is 7.10. The van der Waals surface area contributed by atoms with Gasteiger partial charge in [-0.05, 0) is 39.5 Å². The average Bonchev–Trinajstić information content (AvgIpc) is 3.29. The van der Waals surface area contributed by atoms with E-state index in [0.717, 1.165) is 37.6 Å². The molecule has 1 aromatic heterocycles. The average molecular weight is 492 g/mol. The fourth-order valence-corrected chi connectivity index (χ4v) is 5.05. The molecule has 0 radical (unpaired) electrons. The van der Waals surface area contributed by atoms with Gasteiger partial charge in [-0.15, -0.1) is 35.3 Å². The molecule has 2 atom stereocenters. The van der Waals surface area contributed by atoms with Crippen LogP contribution in [-0.2, 0) is 17.7 Å². The van der Waals surface area contributed by atoms with Crippen LogP contribution in [0, 0.1) is 5.41 Å². The molecule has 2 saturated carbocycles. The SMILES string of the molecule is CCNC(=NCc1csc(CC)n1)NC1CC(OCC)C12CCCC2.I. The first-order valence-corrected chi connectivity index (χ1v) is 10.7. The molecule has 26 heavy (non-hydrogen) atoms. The standard InChI is InChI=1S/C19H32N4OS.HI/c1-4-17-22-14(13-25-17)12-21-18(20-5-2)23-15-11-16(24-6-3)19(15)9-7-8-10-19;/h13,15-16H,4-12H2,1-3H3,(H2,20,21,23);1H. The van der Waals surface area contributed by atoms with Gasteiger partial charge in [0.25, 0.3) is 0 Å². The number of ether oxygens (including phenoxy) is 1. The van der Waals surface area contributed by atoms with Crippen LogP contribution in [0.3, 0.4) is 0 Å². The first-order valence-electron chi connectivity index (χ1n) is 9.81. The van der Waals surface area contributed by atoms with E-state index in [1.807, 2.05) is 0 Å². The predicted octanol–water partition coefficient (Wildman–Crippen LogP) is 4.12. The zero-order chi connectivity index (χ0) is 17.7. The van der Waals surface area contributed by atoms with Crippen molar-refractivity contribution in [3.63, 3.8) is 0 Å². The van der Waals surface area contributed by atoms with Crippen LogP contribution in [-0.4, -0.2) is 36.2 Å². The summed E-state index contributed by atoms with van der Waals surface area (Å²) in [6.45, 7) is 8.69. The Labute approximate surface area is 178 Å². The molecule has 7 heteroatoms. The lowest BCUT2D eigenvalue weighted by Gasteiger charge is -2.54. The maximum Gasteiger partial charge on any atom is 0.191 e. The quantitative estimate of drug-likeness (QED) is 0.342. The number of nitrogens with one attached hydrogen (secondary N) is 2. The minimum Gasteiger partial charge on any atom is -0.378 e. The third-order valence-electron chi connectivity index (χ3n) is 5.64. The Morgan fingerprint density at radius 2 is 2.12 bits per heavy atom. The topological polar surface area (TPSA) is 58.5 Å². The van der Waals surface area contributed by atoms with E-state index in [1.165, 1.54) is 30.7 Å². The smallest absolute Gasteiger partial charge is 0.191 e. The van der Waals surface area contributed by atoms with Crippen molar-refractivity contribution in [1.82, 2.24) is 15.6 Å². The molecule has 5 nitrogen and oxygen atoms in total. The molecular formula is C19H33IN4OS. The van der Waals surface area contributed by atoms with Gasteiger partial charge in [0.05, 0.1) is 23.4 Å². The molecule has 2 N–H and O–H groups in total. The van der Waals surface area contributed by atoms with Gasteiger partial charge in [0, 0.05) is 30.0 Å². The van der Waals surface area contributed by atoms with Gasteiger partial charge < -0.3 is 15.4 Å². The largest absolute Gasteiger partial charge is 0.378 e. The van der Waals surface area contributed by atoms with Crippen molar-refractivity contribution < 1.29 is 4.74 Å². The van der Waals surface area contributed by atoms with Crippen LogP contribution in [0.5, 0.6) is 0 Å². The number of nitrogens with zero attached hydrogens (tertiary/aromatic N) is 2. The number of guanidine groups is 1. The highest BCUT2D eigenvalue weighted by Crippen LogP contribution is 2.54. The van der Waals surface area contributed by atoms with Crippen molar-refractivity contribution in [2.45, 2.75) is 78.0 Å². The third-order valence-corrected chi connectivity index (χ3v) is 6.69. The van der Waals surface area contributed by atoms with Crippen LogP contribution < -0.4 is 10.6 Å². The molecule has 0 bridgehead atoms. The Hall–Kier alpha value is -0.410. The lowest BCUT2D eigenvalue weighted by Crippen LogP contribution is -2.65. The van der Waals surface area contributed by atoms with E-state index in [2.05, 4.69) is 41.8 Å². The highest BCUT2D eigenvalue weighted by molar-refractivity contribution is 14.0. The molecule has 2 fully saturated rings. The van der Waals surface area contributed by atoms with Crippen molar-refractivity contribution >= 4 is 41.3 Å². The van der Waals surface area contributed by atoms with Crippen LogP contribution >= 0.6 is 35.3 Å². The van der Waals surface area contributed by atoms with Gasteiger partial charge in [0.15, 0.2) is 5.96 Å². The molecule has 1 heterocycles. The highest BCUT2D eigenvalue weighted by Gasteiger charge is 2.56. The zero-order valence-electron chi connectivity index (χ0n) is 16.2. The molecule has 0 aliphatic heterocycles. The fourth-order valence-electron chi connectivity index (χ4n) is 4.32. The fraction of sp³-hybridized carbons (Fsp3) is 0.789. The number of aryl methyl sites for hydroxylation is 1. The molecule has 2 unspecified atom stereocenters. The van der Waals surface area contributed by atoms with Gasteiger partial charge in [0.1, 0.15) is 0 Å². The molecule has 0 aromatic carbocycles. The number of aromatic nitrogens is 1. The number of hydrogen-bond acceptors (Lipinski definition) is 4. The molecular weight excluding hydrogens is 459 g/mol. The molecule has 1 spiro atoms. The van der Waals surface area contributed by atoms with Gasteiger partial charge >= 0.3 is 0 Å². The van der Waals surface area contributed by atoms with Crippen LogP contribution in [0.1, 0.15) is 63.6 Å². The molecule has 0 amide bonds. The first-order chi connectivity index (χ1) is 12.2. The Morgan fingerprint density at radius 3 is 2.73 bits per heavy atom. The van der Waals surface area contributed by atoms with E-state index in [1.54, 1.807) is 11.3 Å². The minimum absolute atomic E-state index is 0. The zero-order valence-corrected chi connectivity index (χ0v) is 19.4. The first kappa shape index (κ1) is 21.9.